The first-order chi connectivity index (χ1) is 8.59. The van der Waals surface area contributed by atoms with Crippen LogP contribution in [0.15, 0.2) is 42.5 Å². The number of carbonyl (C=O) groups is 2. The van der Waals surface area contributed by atoms with Crippen molar-refractivity contribution in [1.82, 2.24) is 5.32 Å². The van der Waals surface area contributed by atoms with Crippen molar-refractivity contribution in [3.05, 3.63) is 48.0 Å². The lowest BCUT2D eigenvalue weighted by atomic mass is 9.99. The van der Waals surface area contributed by atoms with Gasteiger partial charge in [0.15, 0.2) is 0 Å². The van der Waals surface area contributed by atoms with Gasteiger partial charge < -0.3 is 5.32 Å². The van der Waals surface area contributed by atoms with Crippen LogP contribution in [0.2, 0.25) is 0 Å². The lowest BCUT2D eigenvalue weighted by molar-refractivity contribution is -0.137. The van der Waals surface area contributed by atoms with Crippen LogP contribution in [0.25, 0.3) is 10.8 Å². The first-order valence-corrected chi connectivity index (χ1v) is 5.88. The van der Waals surface area contributed by atoms with E-state index >= 15 is 0 Å². The van der Waals surface area contributed by atoms with Gasteiger partial charge in [0.1, 0.15) is 0 Å². The Balaban J connectivity index is 2.36. The zero-order valence-electron chi connectivity index (χ0n) is 10.4. The normalized spacial score (nSPS) is 12.1. The molecule has 0 unspecified atom stereocenters. The third-order valence-electron chi connectivity index (χ3n) is 2.96. The highest BCUT2D eigenvalue weighted by molar-refractivity contribution is 6.35. The van der Waals surface area contributed by atoms with Gasteiger partial charge in [-0.05, 0) is 23.3 Å². The molecule has 2 rings (SSSR count). The van der Waals surface area contributed by atoms with Crippen molar-refractivity contribution in [2.75, 3.05) is 0 Å². The molecule has 0 radical (unpaired) electrons. The minimum Gasteiger partial charge on any atom is -0.343 e. The molecule has 0 spiro atoms. The predicted molar refractivity (Wildman–Crippen MR) is 71.2 cm³/mol. The van der Waals surface area contributed by atoms with Crippen molar-refractivity contribution in [3.8, 4) is 0 Å². The summed E-state index contributed by atoms with van der Waals surface area (Å²) < 4.78 is 0. The van der Waals surface area contributed by atoms with Crippen molar-refractivity contribution >= 4 is 22.5 Å². The Morgan fingerprint density at radius 1 is 1.06 bits per heavy atom. The number of benzene rings is 2. The Bertz CT molecular complexity index is 599. The van der Waals surface area contributed by atoms with Crippen molar-refractivity contribution in [3.63, 3.8) is 0 Å². The summed E-state index contributed by atoms with van der Waals surface area (Å²) in [4.78, 5) is 22.4. The molecule has 0 saturated carbocycles. The molecule has 18 heavy (non-hydrogen) atoms. The highest BCUT2D eigenvalue weighted by atomic mass is 16.2. The van der Waals surface area contributed by atoms with Crippen LogP contribution in [0.1, 0.15) is 25.5 Å². The first-order valence-electron chi connectivity index (χ1n) is 5.88. The van der Waals surface area contributed by atoms with Crippen molar-refractivity contribution in [2.24, 2.45) is 0 Å². The van der Waals surface area contributed by atoms with E-state index in [4.69, 9.17) is 0 Å². The van der Waals surface area contributed by atoms with Crippen LogP contribution in [0.4, 0.5) is 0 Å². The quantitative estimate of drug-likeness (QED) is 0.839. The summed E-state index contributed by atoms with van der Waals surface area (Å²) >= 11 is 0. The molecule has 2 aromatic rings. The zero-order chi connectivity index (χ0) is 13.1. The maximum absolute atomic E-state index is 11.4. The van der Waals surface area contributed by atoms with E-state index in [0.29, 0.717) is 0 Å². The number of Topliss-reactive ketones (excluding diaryl/α,β-unsaturated/α-hetero) is 1. The third kappa shape index (κ3) is 2.40. The van der Waals surface area contributed by atoms with Gasteiger partial charge in [-0.15, -0.1) is 0 Å². The number of rotatable bonds is 3. The minimum atomic E-state index is -0.546. The van der Waals surface area contributed by atoms with E-state index in [1.165, 1.54) is 6.92 Å². The van der Waals surface area contributed by atoms with Crippen molar-refractivity contribution in [1.29, 1.82) is 0 Å². The summed E-state index contributed by atoms with van der Waals surface area (Å²) in [5.41, 5.74) is 1.02. The summed E-state index contributed by atoms with van der Waals surface area (Å²) in [6.07, 6.45) is 0. The molecule has 0 aliphatic rings. The second-order valence-electron chi connectivity index (χ2n) is 4.32. The van der Waals surface area contributed by atoms with Crippen LogP contribution in [-0.4, -0.2) is 11.7 Å². The molecule has 1 amide bonds. The van der Waals surface area contributed by atoms with Gasteiger partial charge in [-0.2, -0.15) is 0 Å². The number of hydrogen-bond donors (Lipinski definition) is 1. The van der Waals surface area contributed by atoms with Gasteiger partial charge in [0.25, 0.3) is 5.91 Å². The lowest BCUT2D eigenvalue weighted by Crippen LogP contribution is -2.31. The average Bonchev–Trinajstić information content (AvgIpc) is 2.37. The van der Waals surface area contributed by atoms with Crippen LogP contribution in [0.5, 0.6) is 0 Å². The Morgan fingerprint density at radius 3 is 2.44 bits per heavy atom. The zero-order valence-corrected chi connectivity index (χ0v) is 10.4. The summed E-state index contributed by atoms with van der Waals surface area (Å²) in [7, 11) is 0. The molecule has 0 saturated heterocycles. The number of carbonyl (C=O) groups excluding carboxylic acids is 2. The minimum absolute atomic E-state index is 0.188. The Hall–Kier alpha value is -2.16. The van der Waals surface area contributed by atoms with E-state index in [0.717, 1.165) is 16.3 Å². The van der Waals surface area contributed by atoms with Gasteiger partial charge in [-0.25, -0.2) is 0 Å². The molecule has 0 aliphatic heterocycles. The molecule has 3 nitrogen and oxygen atoms in total. The first kappa shape index (κ1) is 12.3. The topological polar surface area (TPSA) is 46.2 Å². The summed E-state index contributed by atoms with van der Waals surface area (Å²) in [6, 6.07) is 13.7. The monoisotopic (exact) mass is 241 g/mol. The number of nitrogens with one attached hydrogen (secondary N) is 1. The van der Waals surface area contributed by atoms with Crippen molar-refractivity contribution in [2.45, 2.75) is 19.9 Å². The number of ketones is 1. The van der Waals surface area contributed by atoms with Crippen LogP contribution < -0.4 is 5.32 Å². The third-order valence-corrected chi connectivity index (χ3v) is 2.96. The molecular formula is C15H15NO2. The van der Waals surface area contributed by atoms with E-state index in [2.05, 4.69) is 5.32 Å². The second kappa shape index (κ2) is 5.00. The van der Waals surface area contributed by atoms with E-state index in [1.54, 1.807) is 0 Å². The standard InChI is InChI=1S/C15H15NO2/c1-10(16-15(18)11(2)17)13-9-5-7-12-6-3-4-8-14(12)13/h3-10H,1-2H3,(H,16,18)/t10-/m0/s1. The SMILES string of the molecule is CC(=O)C(=O)N[C@@H](C)c1cccc2ccccc12. The molecule has 0 aromatic heterocycles. The van der Waals surface area contributed by atoms with Gasteiger partial charge in [0.05, 0.1) is 6.04 Å². The van der Waals surface area contributed by atoms with E-state index in [9.17, 15) is 9.59 Å². The van der Waals surface area contributed by atoms with Gasteiger partial charge in [0, 0.05) is 6.92 Å². The van der Waals surface area contributed by atoms with E-state index in [1.807, 2.05) is 49.4 Å². The lowest BCUT2D eigenvalue weighted by Gasteiger charge is -2.15. The maximum Gasteiger partial charge on any atom is 0.287 e. The summed E-state index contributed by atoms with van der Waals surface area (Å²) in [5.74, 6) is -1.02. The molecule has 0 bridgehead atoms. The fourth-order valence-corrected chi connectivity index (χ4v) is 2.00. The number of hydrogen-bond acceptors (Lipinski definition) is 2. The highest BCUT2D eigenvalue weighted by Crippen LogP contribution is 2.23. The molecule has 0 heterocycles. The van der Waals surface area contributed by atoms with Gasteiger partial charge in [-0.3, -0.25) is 9.59 Å². The Kier molecular flexibility index (Phi) is 3.42. The molecule has 1 N–H and O–H groups in total. The molecule has 0 fully saturated rings. The van der Waals surface area contributed by atoms with Gasteiger partial charge in [0.2, 0.25) is 5.78 Å². The summed E-state index contributed by atoms with van der Waals surface area (Å²) in [6.45, 7) is 3.15. The van der Waals surface area contributed by atoms with Gasteiger partial charge in [-0.1, -0.05) is 42.5 Å². The van der Waals surface area contributed by atoms with Crippen LogP contribution in [-0.2, 0) is 9.59 Å². The number of amides is 1. The number of fused-ring (bicyclic) bond motifs is 1. The van der Waals surface area contributed by atoms with E-state index in [-0.39, 0.29) is 6.04 Å². The van der Waals surface area contributed by atoms with Gasteiger partial charge >= 0.3 is 0 Å². The Morgan fingerprint density at radius 2 is 1.72 bits per heavy atom. The molecular weight excluding hydrogens is 226 g/mol. The molecule has 92 valence electrons. The molecule has 2 aromatic carbocycles. The largest absolute Gasteiger partial charge is 0.343 e. The molecule has 3 heteroatoms. The maximum atomic E-state index is 11.4. The molecule has 1 atom stereocenters. The molecule has 0 aliphatic carbocycles. The average molecular weight is 241 g/mol. The Labute approximate surface area is 106 Å². The van der Waals surface area contributed by atoms with Crippen molar-refractivity contribution < 1.29 is 9.59 Å². The predicted octanol–water partition coefficient (Wildman–Crippen LogP) is 2.61. The highest BCUT2D eigenvalue weighted by Gasteiger charge is 2.14. The fourth-order valence-electron chi connectivity index (χ4n) is 2.00. The van der Waals surface area contributed by atoms with Crippen LogP contribution in [0, 0.1) is 0 Å². The van der Waals surface area contributed by atoms with Crippen LogP contribution in [0.3, 0.4) is 0 Å². The fraction of sp³-hybridized carbons (Fsp3) is 0.200. The summed E-state index contributed by atoms with van der Waals surface area (Å²) in [5, 5.41) is 4.92. The smallest absolute Gasteiger partial charge is 0.287 e. The van der Waals surface area contributed by atoms with Crippen LogP contribution >= 0.6 is 0 Å². The van der Waals surface area contributed by atoms with E-state index < -0.39 is 11.7 Å². The second-order valence-corrected chi connectivity index (χ2v) is 4.32.